The van der Waals surface area contributed by atoms with Gasteiger partial charge in [0.05, 0.1) is 17.8 Å². The van der Waals surface area contributed by atoms with Crippen LogP contribution in [0.2, 0.25) is 0 Å². The minimum Gasteiger partial charge on any atom is -0.392 e. The van der Waals surface area contributed by atoms with E-state index in [2.05, 4.69) is 10.1 Å². The van der Waals surface area contributed by atoms with Crippen LogP contribution in [0, 0.1) is 5.92 Å². The first kappa shape index (κ1) is 12.9. The topological polar surface area (TPSA) is 59.2 Å². The summed E-state index contributed by atoms with van der Waals surface area (Å²) in [6, 6.07) is 0. The molecule has 5 heteroatoms. The van der Waals surface area contributed by atoms with Crippen LogP contribution in [-0.2, 0) is 6.42 Å². The molecule has 2 rings (SSSR count). The molecule has 0 aliphatic carbocycles. The summed E-state index contributed by atoms with van der Waals surface area (Å²) >= 11 is 1.91. The molecule has 0 saturated carbocycles. The van der Waals surface area contributed by atoms with Gasteiger partial charge in [-0.25, -0.2) is 0 Å². The molecule has 0 amide bonds. The quantitative estimate of drug-likeness (QED) is 0.897. The molecule has 0 radical (unpaired) electrons. The molecule has 1 aliphatic rings. The normalized spacial score (nSPS) is 22.9. The summed E-state index contributed by atoms with van der Waals surface area (Å²) in [5.41, 5.74) is 0. The van der Waals surface area contributed by atoms with Gasteiger partial charge < -0.3 is 9.63 Å². The molecule has 1 aliphatic heterocycles. The summed E-state index contributed by atoms with van der Waals surface area (Å²) < 4.78 is 5.20. The zero-order chi connectivity index (χ0) is 12.3. The monoisotopic (exact) mass is 256 g/mol. The molecule has 0 bridgehead atoms. The van der Waals surface area contributed by atoms with E-state index >= 15 is 0 Å². The van der Waals surface area contributed by atoms with Crippen molar-refractivity contribution in [3.05, 3.63) is 11.7 Å². The Balaban J connectivity index is 1.95. The molecular formula is C12H20N2O2S. The summed E-state index contributed by atoms with van der Waals surface area (Å²) in [5.74, 6) is 2.77. The van der Waals surface area contributed by atoms with E-state index in [-0.39, 0.29) is 5.92 Å². The van der Waals surface area contributed by atoms with E-state index in [0.717, 1.165) is 12.2 Å². The molecule has 1 N–H and O–H groups in total. The van der Waals surface area contributed by atoms with Crippen LogP contribution in [0.4, 0.5) is 0 Å². The van der Waals surface area contributed by atoms with Crippen LogP contribution in [0.15, 0.2) is 4.52 Å². The van der Waals surface area contributed by atoms with Crippen LogP contribution in [0.5, 0.6) is 0 Å². The fraction of sp³-hybridized carbons (Fsp3) is 0.833. The van der Waals surface area contributed by atoms with Gasteiger partial charge in [0, 0.05) is 0 Å². The highest BCUT2D eigenvalue weighted by molar-refractivity contribution is 7.99. The SMILES string of the molecule is CC(C)C(O)Cc1nc(C2CCCCS2)no1. The Hall–Kier alpha value is -0.550. The Morgan fingerprint density at radius 1 is 1.47 bits per heavy atom. The number of aromatic nitrogens is 2. The third-order valence-corrected chi connectivity index (χ3v) is 4.48. The van der Waals surface area contributed by atoms with E-state index in [1.54, 1.807) is 0 Å². The van der Waals surface area contributed by atoms with Crippen LogP contribution in [0.3, 0.4) is 0 Å². The van der Waals surface area contributed by atoms with Crippen molar-refractivity contribution in [1.29, 1.82) is 0 Å². The molecule has 2 heterocycles. The van der Waals surface area contributed by atoms with Gasteiger partial charge in [0.25, 0.3) is 0 Å². The number of aliphatic hydroxyl groups excluding tert-OH is 1. The van der Waals surface area contributed by atoms with Gasteiger partial charge in [-0.1, -0.05) is 25.4 Å². The van der Waals surface area contributed by atoms with Crippen molar-refractivity contribution < 1.29 is 9.63 Å². The van der Waals surface area contributed by atoms with Gasteiger partial charge in [-0.15, -0.1) is 0 Å². The Morgan fingerprint density at radius 3 is 2.94 bits per heavy atom. The van der Waals surface area contributed by atoms with Gasteiger partial charge in [0.1, 0.15) is 0 Å². The molecule has 1 fully saturated rings. The average Bonchev–Trinajstić information content (AvgIpc) is 2.78. The summed E-state index contributed by atoms with van der Waals surface area (Å²) in [5, 5.41) is 14.2. The van der Waals surface area contributed by atoms with E-state index in [0.29, 0.717) is 17.6 Å². The van der Waals surface area contributed by atoms with Gasteiger partial charge in [-0.2, -0.15) is 16.7 Å². The molecule has 2 atom stereocenters. The largest absolute Gasteiger partial charge is 0.392 e. The average molecular weight is 256 g/mol. The lowest BCUT2D eigenvalue weighted by Crippen LogP contribution is -2.17. The minimum absolute atomic E-state index is 0.217. The van der Waals surface area contributed by atoms with Gasteiger partial charge in [-0.05, 0) is 24.5 Å². The lowest BCUT2D eigenvalue weighted by molar-refractivity contribution is 0.116. The zero-order valence-electron chi connectivity index (χ0n) is 10.4. The zero-order valence-corrected chi connectivity index (χ0v) is 11.2. The lowest BCUT2D eigenvalue weighted by atomic mass is 10.0. The number of hydrogen-bond donors (Lipinski definition) is 1. The highest BCUT2D eigenvalue weighted by Gasteiger charge is 2.22. The van der Waals surface area contributed by atoms with Crippen molar-refractivity contribution >= 4 is 11.8 Å². The van der Waals surface area contributed by atoms with Crippen LogP contribution in [-0.4, -0.2) is 27.1 Å². The maximum atomic E-state index is 9.77. The molecule has 96 valence electrons. The van der Waals surface area contributed by atoms with Crippen LogP contribution < -0.4 is 0 Å². The van der Waals surface area contributed by atoms with Crippen LogP contribution in [0.1, 0.15) is 50.1 Å². The molecule has 1 aromatic rings. The lowest BCUT2D eigenvalue weighted by Gasteiger charge is -2.17. The van der Waals surface area contributed by atoms with Crippen molar-refractivity contribution in [2.24, 2.45) is 5.92 Å². The minimum atomic E-state index is -0.401. The second-order valence-electron chi connectivity index (χ2n) is 4.92. The number of rotatable bonds is 4. The maximum absolute atomic E-state index is 9.77. The van der Waals surface area contributed by atoms with E-state index < -0.39 is 6.10 Å². The molecule has 1 saturated heterocycles. The Labute approximate surface area is 106 Å². The van der Waals surface area contributed by atoms with Crippen molar-refractivity contribution in [1.82, 2.24) is 10.1 Å². The van der Waals surface area contributed by atoms with Gasteiger partial charge in [-0.3, -0.25) is 0 Å². The van der Waals surface area contributed by atoms with Crippen LogP contribution in [0.25, 0.3) is 0 Å². The highest BCUT2D eigenvalue weighted by Crippen LogP contribution is 2.36. The second kappa shape index (κ2) is 5.87. The summed E-state index contributed by atoms with van der Waals surface area (Å²) in [6.07, 6.45) is 3.73. The third kappa shape index (κ3) is 3.45. The van der Waals surface area contributed by atoms with Crippen molar-refractivity contribution in [3.8, 4) is 0 Å². The molecule has 0 aromatic carbocycles. The molecule has 2 unspecified atom stereocenters. The second-order valence-corrected chi connectivity index (χ2v) is 6.23. The first-order valence-corrected chi connectivity index (χ1v) is 7.34. The molecule has 4 nitrogen and oxygen atoms in total. The third-order valence-electron chi connectivity index (χ3n) is 3.10. The van der Waals surface area contributed by atoms with Crippen molar-refractivity contribution in [2.75, 3.05) is 5.75 Å². The predicted octanol–water partition coefficient (Wildman–Crippen LogP) is 2.59. The Morgan fingerprint density at radius 2 is 2.29 bits per heavy atom. The number of aliphatic hydroxyl groups is 1. The molecule has 17 heavy (non-hydrogen) atoms. The van der Waals surface area contributed by atoms with Gasteiger partial charge in [0.15, 0.2) is 5.82 Å². The highest BCUT2D eigenvalue weighted by atomic mass is 32.2. The van der Waals surface area contributed by atoms with Crippen molar-refractivity contribution in [2.45, 2.75) is 50.9 Å². The summed E-state index contributed by atoms with van der Waals surface area (Å²) in [6.45, 7) is 3.97. The van der Waals surface area contributed by atoms with E-state index in [1.807, 2.05) is 25.6 Å². The van der Waals surface area contributed by atoms with E-state index in [9.17, 15) is 5.11 Å². The number of thioether (sulfide) groups is 1. The van der Waals surface area contributed by atoms with Gasteiger partial charge in [0.2, 0.25) is 5.89 Å². The smallest absolute Gasteiger partial charge is 0.229 e. The molecular weight excluding hydrogens is 236 g/mol. The Bertz CT molecular complexity index is 348. The first-order valence-electron chi connectivity index (χ1n) is 6.29. The molecule has 0 spiro atoms. The fourth-order valence-electron chi connectivity index (χ4n) is 1.84. The summed E-state index contributed by atoms with van der Waals surface area (Å²) in [4.78, 5) is 4.40. The standard InChI is InChI=1S/C12H20N2O2S/c1-8(2)9(15)7-11-13-12(14-16-11)10-5-3-4-6-17-10/h8-10,15H,3-7H2,1-2H3. The first-order chi connectivity index (χ1) is 8.16. The number of hydrogen-bond acceptors (Lipinski definition) is 5. The van der Waals surface area contributed by atoms with Crippen molar-refractivity contribution in [3.63, 3.8) is 0 Å². The maximum Gasteiger partial charge on any atom is 0.229 e. The summed E-state index contributed by atoms with van der Waals surface area (Å²) in [7, 11) is 0. The van der Waals surface area contributed by atoms with E-state index in [4.69, 9.17) is 4.52 Å². The van der Waals surface area contributed by atoms with Crippen LogP contribution >= 0.6 is 11.8 Å². The molecule has 1 aromatic heterocycles. The number of nitrogens with zero attached hydrogens (tertiary/aromatic N) is 2. The van der Waals surface area contributed by atoms with E-state index in [1.165, 1.54) is 18.6 Å². The van der Waals surface area contributed by atoms with Gasteiger partial charge >= 0.3 is 0 Å². The Kier molecular flexibility index (Phi) is 4.45. The predicted molar refractivity (Wildman–Crippen MR) is 67.9 cm³/mol. The fourth-order valence-corrected chi connectivity index (χ4v) is 3.07.